The van der Waals surface area contributed by atoms with Crippen molar-refractivity contribution in [1.29, 1.82) is 0 Å². The molecule has 0 saturated heterocycles. The molecule has 1 atom stereocenters. The van der Waals surface area contributed by atoms with Gasteiger partial charge < -0.3 is 10.1 Å². The Balaban J connectivity index is 1.97. The highest BCUT2D eigenvalue weighted by atomic mass is 35.5. The lowest BCUT2D eigenvalue weighted by Crippen LogP contribution is -2.38. The number of carbonyl (C=O) groups is 1. The summed E-state index contributed by atoms with van der Waals surface area (Å²) in [5.74, 6) is 1.21. The van der Waals surface area contributed by atoms with E-state index in [0.29, 0.717) is 15.9 Å². The Hall–Kier alpha value is -1.20. The maximum absolute atomic E-state index is 11.9. The van der Waals surface area contributed by atoms with Crippen LogP contribution in [-0.4, -0.2) is 29.5 Å². The Bertz CT molecular complexity index is 519. The lowest BCUT2D eigenvalue weighted by Gasteiger charge is -2.15. The summed E-state index contributed by atoms with van der Waals surface area (Å²) in [4.78, 5) is 16.1. The fraction of sp³-hybridized carbons (Fsp3) is 0.385. The number of aliphatic imine (C=N–C) groups is 1. The van der Waals surface area contributed by atoms with Gasteiger partial charge in [-0.15, -0.1) is 0 Å². The van der Waals surface area contributed by atoms with Crippen molar-refractivity contribution in [1.82, 2.24) is 5.32 Å². The summed E-state index contributed by atoms with van der Waals surface area (Å²) in [5.41, 5.74) is 1.03. The van der Waals surface area contributed by atoms with Crippen molar-refractivity contribution in [3.63, 3.8) is 0 Å². The molecule has 4 nitrogen and oxygen atoms in total. The standard InChI is InChI=1S/C13H15ClN2O2S/c1-8-3-4-10(14)11(7-8)18-9(2)12(17)16-13-15-5-6-19-13/h3-4,7,9H,5-6H2,1-2H3,(H,15,16,17). The summed E-state index contributed by atoms with van der Waals surface area (Å²) >= 11 is 7.57. The number of ether oxygens (including phenoxy) is 1. The minimum Gasteiger partial charge on any atom is -0.479 e. The molecule has 1 aliphatic rings. The normalized spacial score (nSPS) is 15.8. The summed E-state index contributed by atoms with van der Waals surface area (Å²) in [6, 6.07) is 5.46. The predicted molar refractivity (Wildman–Crippen MR) is 79.2 cm³/mol. The molecular formula is C13H15ClN2O2S. The molecular weight excluding hydrogens is 284 g/mol. The van der Waals surface area contributed by atoms with Gasteiger partial charge in [0, 0.05) is 5.75 Å². The Labute approximate surface area is 121 Å². The lowest BCUT2D eigenvalue weighted by atomic mass is 10.2. The number of nitrogens with one attached hydrogen (secondary N) is 1. The molecule has 2 rings (SSSR count). The molecule has 0 aliphatic carbocycles. The van der Waals surface area contributed by atoms with Crippen LogP contribution in [0.15, 0.2) is 23.2 Å². The highest BCUT2D eigenvalue weighted by Gasteiger charge is 2.19. The number of halogens is 1. The predicted octanol–water partition coefficient (Wildman–Crippen LogP) is 2.63. The first-order chi connectivity index (χ1) is 9.06. The number of benzene rings is 1. The molecule has 0 spiro atoms. The highest BCUT2D eigenvalue weighted by molar-refractivity contribution is 8.14. The van der Waals surface area contributed by atoms with Crippen LogP contribution in [0.3, 0.4) is 0 Å². The Morgan fingerprint density at radius 3 is 3.05 bits per heavy atom. The Kier molecular flexibility index (Phi) is 4.71. The summed E-state index contributed by atoms with van der Waals surface area (Å²) in [6.07, 6.45) is -0.622. The van der Waals surface area contributed by atoms with Crippen LogP contribution in [0.4, 0.5) is 0 Å². The van der Waals surface area contributed by atoms with Crippen LogP contribution in [-0.2, 0) is 4.79 Å². The number of hydrogen-bond acceptors (Lipinski definition) is 4. The topological polar surface area (TPSA) is 50.7 Å². The molecule has 0 aromatic heterocycles. The molecule has 0 fully saturated rings. The molecule has 19 heavy (non-hydrogen) atoms. The average Bonchev–Trinajstić information content (AvgIpc) is 2.86. The number of amides is 1. The Morgan fingerprint density at radius 1 is 1.58 bits per heavy atom. The van der Waals surface area contributed by atoms with Crippen molar-refractivity contribution in [3.8, 4) is 5.75 Å². The number of thioether (sulfide) groups is 1. The van der Waals surface area contributed by atoms with Crippen LogP contribution < -0.4 is 10.1 Å². The first-order valence-electron chi connectivity index (χ1n) is 5.97. The van der Waals surface area contributed by atoms with E-state index in [2.05, 4.69) is 10.3 Å². The average molecular weight is 299 g/mol. The van der Waals surface area contributed by atoms with Crippen LogP contribution >= 0.6 is 23.4 Å². The van der Waals surface area contributed by atoms with E-state index in [0.717, 1.165) is 17.9 Å². The molecule has 0 radical (unpaired) electrons. The van der Waals surface area contributed by atoms with Crippen LogP contribution in [0.1, 0.15) is 12.5 Å². The SMILES string of the molecule is Cc1ccc(Cl)c(OC(C)C(=O)NC2=NCCS2)c1. The maximum atomic E-state index is 11.9. The van der Waals surface area contributed by atoms with Gasteiger partial charge in [-0.25, -0.2) is 0 Å². The van der Waals surface area contributed by atoms with Crippen LogP contribution in [0.2, 0.25) is 5.02 Å². The van der Waals surface area contributed by atoms with E-state index in [4.69, 9.17) is 16.3 Å². The maximum Gasteiger partial charge on any atom is 0.266 e. The first-order valence-corrected chi connectivity index (χ1v) is 7.33. The van der Waals surface area contributed by atoms with E-state index < -0.39 is 6.10 Å². The van der Waals surface area contributed by atoms with Gasteiger partial charge in [-0.1, -0.05) is 29.4 Å². The number of hydrogen-bond donors (Lipinski definition) is 1. The van der Waals surface area contributed by atoms with Crippen molar-refractivity contribution in [2.75, 3.05) is 12.3 Å². The van der Waals surface area contributed by atoms with Crippen molar-refractivity contribution < 1.29 is 9.53 Å². The second-order valence-electron chi connectivity index (χ2n) is 4.22. The van der Waals surface area contributed by atoms with Crippen LogP contribution in [0.25, 0.3) is 0 Å². The van der Waals surface area contributed by atoms with Gasteiger partial charge in [-0.05, 0) is 31.5 Å². The second-order valence-corrected chi connectivity index (χ2v) is 5.71. The van der Waals surface area contributed by atoms with E-state index in [9.17, 15) is 4.79 Å². The van der Waals surface area contributed by atoms with Gasteiger partial charge in [0.1, 0.15) is 5.75 Å². The van der Waals surface area contributed by atoms with Gasteiger partial charge in [-0.2, -0.15) is 0 Å². The summed E-state index contributed by atoms with van der Waals surface area (Å²) < 4.78 is 5.59. The number of amidine groups is 1. The van der Waals surface area contributed by atoms with E-state index in [1.165, 1.54) is 11.8 Å². The summed E-state index contributed by atoms with van der Waals surface area (Å²) in [5, 5.41) is 3.90. The summed E-state index contributed by atoms with van der Waals surface area (Å²) in [6.45, 7) is 4.38. The second kappa shape index (κ2) is 6.30. The van der Waals surface area contributed by atoms with Gasteiger partial charge in [-0.3, -0.25) is 9.79 Å². The third kappa shape index (κ3) is 3.88. The third-order valence-electron chi connectivity index (χ3n) is 2.58. The number of aryl methyl sites for hydroxylation is 1. The van der Waals surface area contributed by atoms with E-state index >= 15 is 0 Å². The molecule has 1 N–H and O–H groups in total. The van der Waals surface area contributed by atoms with Gasteiger partial charge in [0.15, 0.2) is 11.3 Å². The zero-order valence-corrected chi connectivity index (χ0v) is 12.3. The molecule has 1 amide bonds. The fourth-order valence-corrected chi connectivity index (χ4v) is 2.46. The fourth-order valence-electron chi connectivity index (χ4n) is 1.56. The number of carbonyl (C=O) groups excluding carboxylic acids is 1. The molecule has 102 valence electrons. The molecule has 0 saturated carbocycles. The van der Waals surface area contributed by atoms with Gasteiger partial charge in [0.05, 0.1) is 11.6 Å². The quantitative estimate of drug-likeness (QED) is 0.933. The van der Waals surface area contributed by atoms with Gasteiger partial charge in [0.25, 0.3) is 5.91 Å². The van der Waals surface area contributed by atoms with E-state index in [1.54, 1.807) is 13.0 Å². The number of rotatable bonds is 3. The van der Waals surface area contributed by atoms with Crippen molar-refractivity contribution in [2.24, 2.45) is 4.99 Å². The Morgan fingerprint density at radius 2 is 2.37 bits per heavy atom. The smallest absolute Gasteiger partial charge is 0.266 e. The highest BCUT2D eigenvalue weighted by Crippen LogP contribution is 2.26. The minimum atomic E-state index is -0.622. The number of nitrogens with zero attached hydrogens (tertiary/aromatic N) is 1. The molecule has 6 heteroatoms. The van der Waals surface area contributed by atoms with E-state index in [1.807, 2.05) is 19.1 Å². The van der Waals surface area contributed by atoms with Crippen molar-refractivity contribution >= 4 is 34.4 Å². The first kappa shape index (κ1) is 14.2. The molecule has 1 aromatic rings. The van der Waals surface area contributed by atoms with E-state index in [-0.39, 0.29) is 5.91 Å². The zero-order valence-electron chi connectivity index (χ0n) is 10.8. The third-order valence-corrected chi connectivity index (χ3v) is 3.78. The lowest BCUT2D eigenvalue weighted by molar-refractivity contribution is -0.125. The summed E-state index contributed by atoms with van der Waals surface area (Å²) in [7, 11) is 0. The van der Waals surface area contributed by atoms with Crippen molar-refractivity contribution in [3.05, 3.63) is 28.8 Å². The minimum absolute atomic E-state index is 0.217. The molecule has 1 aliphatic heterocycles. The molecule has 1 unspecified atom stereocenters. The molecule has 1 heterocycles. The zero-order chi connectivity index (χ0) is 13.8. The molecule has 1 aromatic carbocycles. The molecule has 0 bridgehead atoms. The van der Waals surface area contributed by atoms with Crippen LogP contribution in [0.5, 0.6) is 5.75 Å². The van der Waals surface area contributed by atoms with Crippen molar-refractivity contribution in [2.45, 2.75) is 20.0 Å². The monoisotopic (exact) mass is 298 g/mol. The van der Waals surface area contributed by atoms with Gasteiger partial charge >= 0.3 is 0 Å². The van der Waals surface area contributed by atoms with Crippen LogP contribution in [0, 0.1) is 6.92 Å². The van der Waals surface area contributed by atoms with Gasteiger partial charge in [0.2, 0.25) is 0 Å². The largest absolute Gasteiger partial charge is 0.479 e.